The standard InChI is InChI=1S/C19H29NO/c1-7-11-20-14(4)18-13(3)16-12-15(19(5,6)8-2)9-10-17(16)21-18/h9-10,12,14,20H,7-8,11H2,1-6H3. The van der Waals surface area contributed by atoms with Crippen LogP contribution in [0.15, 0.2) is 22.6 Å². The molecule has 1 aromatic carbocycles. The Labute approximate surface area is 128 Å². The predicted molar refractivity (Wildman–Crippen MR) is 91.0 cm³/mol. The molecule has 1 unspecified atom stereocenters. The lowest BCUT2D eigenvalue weighted by Crippen LogP contribution is -2.19. The monoisotopic (exact) mass is 287 g/mol. The molecule has 0 aliphatic carbocycles. The normalized spacial score (nSPS) is 13.8. The van der Waals surface area contributed by atoms with Gasteiger partial charge in [-0.15, -0.1) is 0 Å². The summed E-state index contributed by atoms with van der Waals surface area (Å²) in [5.74, 6) is 1.07. The summed E-state index contributed by atoms with van der Waals surface area (Å²) in [6, 6.07) is 6.92. The molecule has 0 saturated heterocycles. The molecule has 0 spiro atoms. The van der Waals surface area contributed by atoms with Crippen LogP contribution < -0.4 is 5.32 Å². The molecule has 0 amide bonds. The van der Waals surface area contributed by atoms with Crippen LogP contribution in [0.4, 0.5) is 0 Å². The van der Waals surface area contributed by atoms with Gasteiger partial charge in [0.25, 0.3) is 0 Å². The molecular formula is C19H29NO. The van der Waals surface area contributed by atoms with Crippen LogP contribution in [0.5, 0.6) is 0 Å². The summed E-state index contributed by atoms with van der Waals surface area (Å²) >= 11 is 0. The van der Waals surface area contributed by atoms with Gasteiger partial charge in [0, 0.05) is 5.39 Å². The van der Waals surface area contributed by atoms with Crippen LogP contribution in [0.25, 0.3) is 11.0 Å². The molecule has 1 aromatic heterocycles. The summed E-state index contributed by atoms with van der Waals surface area (Å²) in [4.78, 5) is 0. The Bertz CT molecular complexity index is 609. The molecule has 116 valence electrons. The number of benzene rings is 1. The lowest BCUT2D eigenvalue weighted by molar-refractivity contribution is 0.448. The van der Waals surface area contributed by atoms with Crippen LogP contribution in [-0.4, -0.2) is 6.54 Å². The summed E-state index contributed by atoms with van der Waals surface area (Å²) in [6.07, 6.45) is 2.27. The molecule has 0 saturated carbocycles. The summed E-state index contributed by atoms with van der Waals surface area (Å²) in [5, 5.41) is 4.77. The molecule has 0 fully saturated rings. The highest BCUT2D eigenvalue weighted by Crippen LogP contribution is 2.34. The zero-order valence-corrected chi connectivity index (χ0v) is 14.3. The van der Waals surface area contributed by atoms with Crippen molar-refractivity contribution in [3.63, 3.8) is 0 Å². The Morgan fingerprint density at radius 3 is 2.57 bits per heavy atom. The molecule has 21 heavy (non-hydrogen) atoms. The Balaban J connectivity index is 2.42. The summed E-state index contributed by atoms with van der Waals surface area (Å²) in [7, 11) is 0. The van der Waals surface area contributed by atoms with Gasteiger partial charge in [-0.2, -0.15) is 0 Å². The first-order valence-corrected chi connectivity index (χ1v) is 8.17. The molecule has 2 nitrogen and oxygen atoms in total. The number of furan rings is 1. The molecule has 2 rings (SSSR count). The maximum Gasteiger partial charge on any atom is 0.134 e. The fraction of sp³-hybridized carbons (Fsp3) is 0.579. The van der Waals surface area contributed by atoms with Crippen molar-refractivity contribution in [2.45, 2.75) is 65.8 Å². The van der Waals surface area contributed by atoms with Gasteiger partial charge in [0.05, 0.1) is 6.04 Å². The van der Waals surface area contributed by atoms with Gasteiger partial charge in [0.2, 0.25) is 0 Å². The molecule has 2 heteroatoms. The number of hydrogen-bond acceptors (Lipinski definition) is 2. The van der Waals surface area contributed by atoms with Crippen molar-refractivity contribution < 1.29 is 4.42 Å². The maximum absolute atomic E-state index is 6.10. The number of nitrogens with one attached hydrogen (secondary N) is 1. The van der Waals surface area contributed by atoms with Gasteiger partial charge < -0.3 is 9.73 Å². The molecule has 0 aliphatic rings. The van der Waals surface area contributed by atoms with Crippen molar-refractivity contribution in [3.8, 4) is 0 Å². The second kappa shape index (κ2) is 6.23. The molecule has 1 heterocycles. The van der Waals surface area contributed by atoms with Crippen molar-refractivity contribution >= 4 is 11.0 Å². The number of fused-ring (bicyclic) bond motifs is 1. The van der Waals surface area contributed by atoms with Crippen molar-refractivity contribution in [1.82, 2.24) is 5.32 Å². The van der Waals surface area contributed by atoms with Gasteiger partial charge in [-0.05, 0) is 61.9 Å². The third-order valence-electron chi connectivity index (χ3n) is 4.73. The molecule has 0 aliphatic heterocycles. The highest BCUT2D eigenvalue weighted by atomic mass is 16.3. The minimum Gasteiger partial charge on any atom is -0.459 e. The van der Waals surface area contributed by atoms with E-state index in [2.05, 4.69) is 65.1 Å². The van der Waals surface area contributed by atoms with Crippen LogP contribution in [-0.2, 0) is 5.41 Å². The third-order valence-corrected chi connectivity index (χ3v) is 4.73. The van der Waals surface area contributed by atoms with E-state index >= 15 is 0 Å². The summed E-state index contributed by atoms with van der Waals surface area (Å²) in [6.45, 7) is 14.4. The average molecular weight is 287 g/mol. The van der Waals surface area contributed by atoms with E-state index in [0.29, 0.717) is 0 Å². The van der Waals surface area contributed by atoms with E-state index in [1.165, 1.54) is 16.5 Å². The fourth-order valence-corrected chi connectivity index (χ4v) is 2.73. The topological polar surface area (TPSA) is 25.2 Å². The van der Waals surface area contributed by atoms with Crippen LogP contribution in [0.2, 0.25) is 0 Å². The van der Waals surface area contributed by atoms with Gasteiger partial charge >= 0.3 is 0 Å². The van der Waals surface area contributed by atoms with E-state index in [4.69, 9.17) is 4.42 Å². The molecule has 0 radical (unpaired) electrons. The minimum atomic E-state index is 0.212. The van der Waals surface area contributed by atoms with Crippen molar-refractivity contribution in [2.24, 2.45) is 0 Å². The Morgan fingerprint density at radius 1 is 1.24 bits per heavy atom. The SMILES string of the molecule is CCCNC(C)c1oc2ccc(C(C)(C)CC)cc2c1C. The maximum atomic E-state index is 6.10. The number of hydrogen-bond donors (Lipinski definition) is 1. The molecule has 1 N–H and O–H groups in total. The highest BCUT2D eigenvalue weighted by molar-refractivity contribution is 5.83. The van der Waals surface area contributed by atoms with Gasteiger partial charge in [-0.3, -0.25) is 0 Å². The van der Waals surface area contributed by atoms with Crippen molar-refractivity contribution in [2.75, 3.05) is 6.54 Å². The van der Waals surface area contributed by atoms with E-state index < -0.39 is 0 Å². The van der Waals surface area contributed by atoms with Crippen LogP contribution in [0.1, 0.15) is 70.4 Å². The van der Waals surface area contributed by atoms with Crippen LogP contribution in [0, 0.1) is 6.92 Å². The van der Waals surface area contributed by atoms with Gasteiger partial charge in [0.1, 0.15) is 11.3 Å². The molecule has 2 aromatic rings. The third kappa shape index (κ3) is 3.16. The number of rotatable bonds is 6. The highest BCUT2D eigenvalue weighted by Gasteiger charge is 2.21. The first-order valence-electron chi connectivity index (χ1n) is 8.17. The van der Waals surface area contributed by atoms with Crippen LogP contribution in [0.3, 0.4) is 0 Å². The zero-order valence-electron chi connectivity index (χ0n) is 14.3. The molecule has 0 bridgehead atoms. The molecule has 1 atom stereocenters. The van der Waals surface area contributed by atoms with E-state index in [1.807, 2.05) is 0 Å². The lowest BCUT2D eigenvalue weighted by atomic mass is 9.82. The first-order chi connectivity index (χ1) is 9.90. The van der Waals surface area contributed by atoms with Crippen LogP contribution >= 0.6 is 0 Å². The van der Waals surface area contributed by atoms with E-state index in [-0.39, 0.29) is 11.5 Å². The van der Waals surface area contributed by atoms with E-state index in [0.717, 1.165) is 30.7 Å². The van der Waals surface area contributed by atoms with E-state index in [9.17, 15) is 0 Å². The largest absolute Gasteiger partial charge is 0.459 e. The average Bonchev–Trinajstić information content (AvgIpc) is 2.81. The van der Waals surface area contributed by atoms with Crippen molar-refractivity contribution in [1.29, 1.82) is 0 Å². The zero-order chi connectivity index (χ0) is 15.6. The summed E-state index contributed by atoms with van der Waals surface area (Å²) in [5.41, 5.74) is 3.88. The quantitative estimate of drug-likeness (QED) is 0.760. The summed E-state index contributed by atoms with van der Waals surface area (Å²) < 4.78 is 6.10. The Morgan fingerprint density at radius 2 is 1.95 bits per heavy atom. The molecular weight excluding hydrogens is 258 g/mol. The Hall–Kier alpha value is -1.28. The number of aryl methyl sites for hydroxylation is 1. The lowest BCUT2D eigenvalue weighted by Gasteiger charge is -2.23. The van der Waals surface area contributed by atoms with Crippen molar-refractivity contribution in [3.05, 3.63) is 35.1 Å². The Kier molecular flexibility index (Phi) is 4.77. The minimum absolute atomic E-state index is 0.212. The first kappa shape index (κ1) is 16.1. The fourth-order valence-electron chi connectivity index (χ4n) is 2.73. The van der Waals surface area contributed by atoms with E-state index in [1.54, 1.807) is 0 Å². The van der Waals surface area contributed by atoms with Gasteiger partial charge in [-0.25, -0.2) is 0 Å². The second-order valence-electron chi connectivity index (χ2n) is 6.72. The second-order valence-corrected chi connectivity index (χ2v) is 6.72. The van der Waals surface area contributed by atoms with Gasteiger partial charge in [0.15, 0.2) is 0 Å². The van der Waals surface area contributed by atoms with Gasteiger partial charge in [-0.1, -0.05) is 33.8 Å². The smallest absolute Gasteiger partial charge is 0.134 e. The predicted octanol–water partition coefficient (Wildman–Crippen LogP) is 5.49.